The second-order valence-electron chi connectivity index (χ2n) is 8.24. The van der Waals surface area contributed by atoms with Crippen LogP contribution in [0.1, 0.15) is 43.7 Å². The van der Waals surface area contributed by atoms with E-state index in [0.29, 0.717) is 24.6 Å². The molecule has 1 aliphatic rings. The topological polar surface area (TPSA) is 49.4 Å². The van der Waals surface area contributed by atoms with Crippen LogP contribution in [-0.2, 0) is 16.0 Å². The van der Waals surface area contributed by atoms with Crippen LogP contribution in [0, 0.1) is 11.7 Å². The molecule has 1 N–H and O–H groups in total. The van der Waals surface area contributed by atoms with E-state index >= 15 is 0 Å². The summed E-state index contributed by atoms with van der Waals surface area (Å²) < 4.78 is 13.0. The molecule has 1 heterocycles. The lowest BCUT2D eigenvalue weighted by Gasteiger charge is -2.35. The van der Waals surface area contributed by atoms with Crippen molar-refractivity contribution in [2.45, 2.75) is 45.1 Å². The third-order valence-corrected chi connectivity index (χ3v) is 5.93. The van der Waals surface area contributed by atoms with Crippen molar-refractivity contribution < 1.29 is 14.0 Å². The smallest absolute Gasteiger partial charge is 0.245 e. The summed E-state index contributed by atoms with van der Waals surface area (Å²) >= 11 is 5.98. The van der Waals surface area contributed by atoms with Crippen LogP contribution in [0.15, 0.2) is 48.5 Å². The average Bonchev–Trinajstić information content (AvgIpc) is 2.74. The molecular weight excluding hydrogens is 403 g/mol. The van der Waals surface area contributed by atoms with E-state index < -0.39 is 6.04 Å². The molecule has 6 heteroatoms. The van der Waals surface area contributed by atoms with Gasteiger partial charge in [-0.05, 0) is 60.1 Å². The first-order valence-electron chi connectivity index (χ1n) is 10.4. The maximum Gasteiger partial charge on any atom is 0.245 e. The van der Waals surface area contributed by atoms with E-state index in [1.165, 1.54) is 17.7 Å². The molecule has 0 radical (unpaired) electrons. The number of amides is 2. The van der Waals surface area contributed by atoms with Gasteiger partial charge in [0.2, 0.25) is 11.8 Å². The zero-order valence-electron chi connectivity index (χ0n) is 17.4. The number of nitrogens with one attached hydrogen (secondary N) is 1. The fourth-order valence-corrected chi connectivity index (χ4v) is 4.02. The van der Waals surface area contributed by atoms with E-state index in [1.54, 1.807) is 12.1 Å². The van der Waals surface area contributed by atoms with E-state index in [1.807, 2.05) is 30.9 Å². The van der Waals surface area contributed by atoms with Crippen LogP contribution in [0.4, 0.5) is 4.39 Å². The number of likely N-dealkylation sites (tertiary alicyclic amines) is 1. The quantitative estimate of drug-likeness (QED) is 0.729. The molecule has 0 aliphatic carbocycles. The largest absolute Gasteiger partial charge is 0.344 e. The van der Waals surface area contributed by atoms with Crippen molar-refractivity contribution in [3.05, 3.63) is 70.5 Å². The Kier molecular flexibility index (Phi) is 7.48. The first kappa shape index (κ1) is 22.3. The highest BCUT2D eigenvalue weighted by Gasteiger charge is 2.31. The summed E-state index contributed by atoms with van der Waals surface area (Å²) in [5, 5.41) is 3.61. The molecule has 0 bridgehead atoms. The van der Waals surface area contributed by atoms with Gasteiger partial charge in [0.1, 0.15) is 11.9 Å². The third-order valence-electron chi connectivity index (χ3n) is 5.68. The molecule has 0 saturated carbocycles. The molecule has 160 valence electrons. The minimum atomic E-state index is -0.565. The summed E-state index contributed by atoms with van der Waals surface area (Å²) in [5.41, 5.74) is 1.96. The fraction of sp³-hybridized carbons (Fsp3) is 0.417. The molecule has 1 aliphatic heterocycles. The molecule has 4 nitrogen and oxygen atoms in total. The van der Waals surface area contributed by atoms with Crippen LogP contribution in [0.5, 0.6) is 0 Å². The van der Waals surface area contributed by atoms with E-state index in [0.717, 1.165) is 17.9 Å². The Morgan fingerprint density at radius 3 is 2.23 bits per heavy atom. The average molecular weight is 431 g/mol. The molecule has 2 aromatic rings. The Balaban J connectivity index is 1.56. The summed E-state index contributed by atoms with van der Waals surface area (Å²) in [7, 11) is 0. The normalized spacial score (nSPS) is 15.8. The van der Waals surface area contributed by atoms with Crippen LogP contribution in [-0.4, -0.2) is 35.8 Å². The second-order valence-corrected chi connectivity index (χ2v) is 8.68. The van der Waals surface area contributed by atoms with Gasteiger partial charge in [0, 0.05) is 18.1 Å². The Labute approximate surface area is 182 Å². The molecular formula is C24H28ClFN2O2. The molecule has 1 saturated heterocycles. The number of benzene rings is 2. The van der Waals surface area contributed by atoms with Crippen molar-refractivity contribution in [1.82, 2.24) is 10.2 Å². The molecule has 0 spiro atoms. The predicted octanol–water partition coefficient (Wildman–Crippen LogP) is 4.57. The van der Waals surface area contributed by atoms with Gasteiger partial charge in [-0.15, -0.1) is 0 Å². The highest BCUT2D eigenvalue weighted by molar-refractivity contribution is 6.30. The van der Waals surface area contributed by atoms with Crippen LogP contribution in [0.25, 0.3) is 0 Å². The highest BCUT2D eigenvalue weighted by Crippen LogP contribution is 2.29. The number of piperidine rings is 1. The van der Waals surface area contributed by atoms with Crippen molar-refractivity contribution in [2.75, 3.05) is 13.1 Å². The maximum absolute atomic E-state index is 13.1. The Morgan fingerprint density at radius 2 is 1.67 bits per heavy atom. The van der Waals surface area contributed by atoms with Crippen LogP contribution in [0.2, 0.25) is 5.02 Å². The Hall–Kier alpha value is -2.40. The minimum absolute atomic E-state index is 0.0244. The van der Waals surface area contributed by atoms with E-state index in [4.69, 9.17) is 11.6 Å². The Bertz CT molecular complexity index is 860. The molecule has 1 fully saturated rings. The molecule has 3 rings (SSSR count). The Morgan fingerprint density at radius 1 is 1.07 bits per heavy atom. The number of hydrogen-bond donors (Lipinski definition) is 1. The number of rotatable bonds is 6. The predicted molar refractivity (Wildman–Crippen MR) is 117 cm³/mol. The molecule has 0 aromatic heterocycles. The lowest BCUT2D eigenvalue weighted by atomic mass is 9.89. The molecule has 1 atom stereocenters. The van der Waals surface area contributed by atoms with Crippen molar-refractivity contribution >= 4 is 23.4 Å². The van der Waals surface area contributed by atoms with E-state index in [9.17, 15) is 14.0 Å². The third kappa shape index (κ3) is 5.82. The van der Waals surface area contributed by atoms with Gasteiger partial charge in [-0.1, -0.05) is 49.7 Å². The van der Waals surface area contributed by atoms with E-state index in [2.05, 4.69) is 17.4 Å². The number of nitrogens with zero attached hydrogens (tertiary/aromatic N) is 1. The maximum atomic E-state index is 13.1. The van der Waals surface area contributed by atoms with Gasteiger partial charge in [-0.3, -0.25) is 9.59 Å². The van der Waals surface area contributed by atoms with Crippen molar-refractivity contribution in [2.24, 2.45) is 5.92 Å². The van der Waals surface area contributed by atoms with Crippen LogP contribution < -0.4 is 5.32 Å². The number of hydrogen-bond acceptors (Lipinski definition) is 2. The SMILES string of the molecule is CC(C)[C@@H](NC(=O)Cc1ccc(F)cc1)C(=O)N1CCC(c2ccc(Cl)cc2)CC1. The van der Waals surface area contributed by atoms with Gasteiger partial charge >= 0.3 is 0 Å². The van der Waals surface area contributed by atoms with Crippen LogP contribution in [0.3, 0.4) is 0 Å². The van der Waals surface area contributed by atoms with Gasteiger partial charge in [0.05, 0.1) is 6.42 Å². The summed E-state index contributed by atoms with van der Waals surface area (Å²) in [6, 6.07) is 13.2. The lowest BCUT2D eigenvalue weighted by Crippen LogP contribution is -2.53. The highest BCUT2D eigenvalue weighted by atomic mass is 35.5. The first-order chi connectivity index (χ1) is 14.3. The first-order valence-corrected chi connectivity index (χ1v) is 10.8. The van der Waals surface area contributed by atoms with Gasteiger partial charge in [0.25, 0.3) is 0 Å². The minimum Gasteiger partial charge on any atom is -0.344 e. The van der Waals surface area contributed by atoms with Gasteiger partial charge in [0.15, 0.2) is 0 Å². The monoisotopic (exact) mass is 430 g/mol. The lowest BCUT2D eigenvalue weighted by molar-refractivity contribution is -0.138. The summed E-state index contributed by atoms with van der Waals surface area (Å²) in [6.45, 7) is 5.20. The van der Waals surface area contributed by atoms with Gasteiger partial charge < -0.3 is 10.2 Å². The van der Waals surface area contributed by atoms with Crippen molar-refractivity contribution in [1.29, 1.82) is 0 Å². The van der Waals surface area contributed by atoms with Crippen molar-refractivity contribution in [3.8, 4) is 0 Å². The van der Waals surface area contributed by atoms with Crippen molar-refractivity contribution in [3.63, 3.8) is 0 Å². The number of carbonyl (C=O) groups excluding carboxylic acids is 2. The summed E-state index contributed by atoms with van der Waals surface area (Å²) in [5.74, 6) is -0.214. The number of carbonyl (C=O) groups is 2. The second kappa shape index (κ2) is 10.1. The fourth-order valence-electron chi connectivity index (χ4n) is 3.89. The number of halogens is 2. The molecule has 30 heavy (non-hydrogen) atoms. The molecule has 2 amide bonds. The standard InChI is InChI=1S/C24H28ClFN2O2/c1-16(2)23(27-22(29)15-17-3-9-21(26)10-4-17)24(30)28-13-11-19(12-14-28)18-5-7-20(25)8-6-18/h3-10,16,19,23H,11-15H2,1-2H3,(H,27,29)/t23-/m1/s1. The zero-order chi connectivity index (χ0) is 21.7. The molecule has 2 aromatic carbocycles. The molecule has 0 unspecified atom stereocenters. The summed E-state index contributed by atoms with van der Waals surface area (Å²) in [6.07, 6.45) is 1.90. The van der Waals surface area contributed by atoms with E-state index in [-0.39, 0.29) is 30.0 Å². The van der Waals surface area contributed by atoms with Gasteiger partial charge in [-0.25, -0.2) is 4.39 Å². The zero-order valence-corrected chi connectivity index (χ0v) is 18.2. The summed E-state index contributed by atoms with van der Waals surface area (Å²) in [4.78, 5) is 27.4. The van der Waals surface area contributed by atoms with Crippen LogP contribution >= 0.6 is 11.6 Å². The van der Waals surface area contributed by atoms with Gasteiger partial charge in [-0.2, -0.15) is 0 Å².